The van der Waals surface area contributed by atoms with Crippen molar-refractivity contribution < 1.29 is 23.9 Å². The van der Waals surface area contributed by atoms with E-state index in [-0.39, 0.29) is 11.9 Å². The molecule has 1 saturated heterocycles. The number of hydrogen-bond acceptors (Lipinski definition) is 4. The van der Waals surface area contributed by atoms with E-state index in [1.807, 2.05) is 60.7 Å². The van der Waals surface area contributed by atoms with Gasteiger partial charge < -0.3 is 14.3 Å². The van der Waals surface area contributed by atoms with Crippen LogP contribution in [0.2, 0.25) is 0 Å². The van der Waals surface area contributed by atoms with Gasteiger partial charge in [0.25, 0.3) is 0 Å². The number of aliphatic hydroxyl groups is 1. The number of allylic oxidation sites excluding steroid dienone is 4. The number of hydrogen-bond donors (Lipinski definition) is 1. The molecular formula is C29H32NO4+. The monoisotopic (exact) mass is 458 g/mol. The van der Waals surface area contributed by atoms with Gasteiger partial charge in [0.2, 0.25) is 5.60 Å². The summed E-state index contributed by atoms with van der Waals surface area (Å²) in [4.78, 5) is 24.7. The van der Waals surface area contributed by atoms with E-state index in [0.717, 1.165) is 60.9 Å². The molecule has 1 aliphatic heterocycles. The summed E-state index contributed by atoms with van der Waals surface area (Å²) in [6.07, 6.45) is 9.94. The summed E-state index contributed by atoms with van der Waals surface area (Å²) in [5, 5.41) is 11.7. The van der Waals surface area contributed by atoms with Crippen LogP contribution in [0.25, 0.3) is 11.1 Å². The third-order valence-electron chi connectivity index (χ3n) is 7.59. The molecule has 2 atom stereocenters. The number of likely N-dealkylation sites (tertiary alicyclic amines) is 1. The number of ether oxygens (including phenoxy) is 1. The molecule has 1 heterocycles. The number of esters is 1. The van der Waals surface area contributed by atoms with E-state index >= 15 is 0 Å². The van der Waals surface area contributed by atoms with E-state index in [2.05, 4.69) is 7.05 Å². The van der Waals surface area contributed by atoms with Crippen LogP contribution in [0.5, 0.6) is 0 Å². The zero-order chi connectivity index (χ0) is 23.8. The van der Waals surface area contributed by atoms with Gasteiger partial charge in [-0.2, -0.15) is 0 Å². The largest absolute Gasteiger partial charge is 0.453 e. The second-order valence-corrected chi connectivity index (χ2v) is 10.1. The van der Waals surface area contributed by atoms with Crippen LogP contribution in [-0.4, -0.2) is 54.1 Å². The number of carbonyl (C=O) groups is 2. The topological polar surface area (TPSA) is 63.6 Å². The molecule has 5 rings (SSSR count). The van der Waals surface area contributed by atoms with Gasteiger partial charge in [-0.3, -0.25) is 4.79 Å². The highest BCUT2D eigenvalue weighted by atomic mass is 16.6. The van der Waals surface area contributed by atoms with Crippen molar-refractivity contribution in [1.82, 2.24) is 0 Å². The third kappa shape index (κ3) is 4.15. The van der Waals surface area contributed by atoms with Gasteiger partial charge >= 0.3 is 5.97 Å². The van der Waals surface area contributed by atoms with Gasteiger partial charge in [-0.1, -0.05) is 66.3 Å². The molecule has 0 amide bonds. The normalized spacial score (nSPS) is 24.5. The maximum Gasteiger partial charge on any atom is 0.348 e. The highest BCUT2D eigenvalue weighted by molar-refractivity contribution is 5.96. The number of benzene rings is 2. The predicted molar refractivity (Wildman–Crippen MR) is 131 cm³/mol. The van der Waals surface area contributed by atoms with Crippen LogP contribution in [0.1, 0.15) is 43.2 Å². The number of fused-ring (bicyclic) bond motifs is 3. The van der Waals surface area contributed by atoms with Crippen molar-refractivity contribution in [2.45, 2.75) is 43.8 Å². The molecule has 1 unspecified atom stereocenters. The van der Waals surface area contributed by atoms with Crippen molar-refractivity contribution in [3.05, 3.63) is 83.5 Å². The summed E-state index contributed by atoms with van der Waals surface area (Å²) in [5.74, 6) is -0.400. The molecular weight excluding hydrogens is 426 g/mol. The van der Waals surface area contributed by atoms with Gasteiger partial charge in [0.05, 0.1) is 20.1 Å². The van der Waals surface area contributed by atoms with Gasteiger partial charge in [-0.05, 0) is 36.5 Å². The minimum atomic E-state index is -1.76. The quantitative estimate of drug-likeness (QED) is 0.382. The maximum atomic E-state index is 13.4. The van der Waals surface area contributed by atoms with Crippen molar-refractivity contribution in [3.63, 3.8) is 0 Å². The highest BCUT2D eigenvalue weighted by Crippen LogP contribution is 2.48. The van der Waals surface area contributed by atoms with E-state index < -0.39 is 11.6 Å². The number of ketones is 1. The van der Waals surface area contributed by atoms with Gasteiger partial charge in [-0.25, -0.2) is 4.79 Å². The number of carbonyl (C=O) groups excluding carboxylic acids is 2. The molecule has 5 nitrogen and oxygen atoms in total. The average Bonchev–Trinajstić information content (AvgIpc) is 3.35. The Balaban J connectivity index is 1.19. The molecule has 2 aromatic carbocycles. The summed E-state index contributed by atoms with van der Waals surface area (Å²) in [6.45, 7) is 2.75. The smallest absolute Gasteiger partial charge is 0.348 e. The van der Waals surface area contributed by atoms with Gasteiger partial charge in [0, 0.05) is 24.0 Å². The van der Waals surface area contributed by atoms with Crippen LogP contribution in [0.3, 0.4) is 0 Å². The Hall–Kier alpha value is -3.02. The minimum Gasteiger partial charge on any atom is -0.453 e. The van der Waals surface area contributed by atoms with Gasteiger partial charge in [-0.15, -0.1) is 0 Å². The lowest BCUT2D eigenvalue weighted by Gasteiger charge is -2.30. The molecule has 0 aromatic heterocycles. The lowest BCUT2D eigenvalue weighted by molar-refractivity contribution is -0.899. The average molecular weight is 459 g/mol. The second-order valence-electron chi connectivity index (χ2n) is 10.1. The number of nitrogens with zero attached hydrogens (tertiary/aromatic N) is 1. The molecule has 0 saturated carbocycles. The summed E-state index contributed by atoms with van der Waals surface area (Å²) >= 11 is 0. The van der Waals surface area contributed by atoms with E-state index in [9.17, 15) is 14.7 Å². The fourth-order valence-electron chi connectivity index (χ4n) is 5.67. The summed E-state index contributed by atoms with van der Waals surface area (Å²) in [5.41, 5.74) is 2.46. The third-order valence-corrected chi connectivity index (χ3v) is 7.59. The van der Waals surface area contributed by atoms with E-state index in [1.54, 1.807) is 6.08 Å². The Morgan fingerprint density at radius 2 is 1.74 bits per heavy atom. The molecule has 0 radical (unpaired) electrons. The molecule has 1 N–H and O–H groups in total. The fraction of sp³-hybridized carbons (Fsp3) is 0.379. The molecule has 5 heteroatoms. The van der Waals surface area contributed by atoms with E-state index in [1.165, 1.54) is 5.57 Å². The highest BCUT2D eigenvalue weighted by Gasteiger charge is 2.50. The SMILES string of the molecule is C[N+]1(CCCCC2=CCC(=O)C=C2)CC[C@@H](OC(=O)C2(O)c3ccccc3-c3ccccc32)C1. The minimum absolute atomic E-state index is 0.175. The van der Waals surface area contributed by atoms with Crippen LogP contribution < -0.4 is 0 Å². The van der Waals surface area contributed by atoms with Crippen molar-refractivity contribution in [1.29, 1.82) is 0 Å². The maximum absolute atomic E-state index is 13.4. The first-order valence-corrected chi connectivity index (χ1v) is 12.3. The molecule has 2 aliphatic carbocycles. The lowest BCUT2D eigenvalue weighted by atomic mass is 9.91. The van der Waals surface area contributed by atoms with Crippen LogP contribution in [0.15, 0.2) is 72.3 Å². The summed E-state index contributed by atoms with van der Waals surface area (Å²) in [6, 6.07) is 15.1. The Kier molecular flexibility index (Phi) is 6.00. The molecule has 3 aliphatic rings. The van der Waals surface area contributed by atoms with Crippen LogP contribution in [0, 0.1) is 0 Å². The second kappa shape index (κ2) is 8.97. The van der Waals surface area contributed by atoms with Gasteiger partial charge in [0.15, 0.2) is 11.9 Å². The standard InChI is InChI=1S/C29H32NO4/c1-30(18-7-6-8-21-13-15-22(31)16-14-21)19-17-23(20-30)34-28(32)29(33)26-11-4-2-9-24(26)25-10-3-5-12-27(25)29/h2-5,9-15,23,33H,6-8,16-20H2,1H3/q+1/t23-,30?/m1/s1. The lowest BCUT2D eigenvalue weighted by Crippen LogP contribution is -2.44. The van der Waals surface area contributed by atoms with Crippen molar-refractivity contribution in [3.8, 4) is 11.1 Å². The summed E-state index contributed by atoms with van der Waals surface area (Å²) < 4.78 is 6.84. The molecule has 0 bridgehead atoms. The van der Waals surface area contributed by atoms with Crippen LogP contribution >= 0.6 is 0 Å². The zero-order valence-electron chi connectivity index (χ0n) is 19.7. The van der Waals surface area contributed by atoms with Crippen molar-refractivity contribution >= 4 is 11.8 Å². The first kappa shape index (κ1) is 22.8. The van der Waals surface area contributed by atoms with E-state index in [4.69, 9.17) is 4.74 Å². The Morgan fingerprint density at radius 1 is 1.06 bits per heavy atom. The predicted octanol–water partition coefficient (Wildman–Crippen LogP) is 4.29. The van der Waals surface area contributed by atoms with Crippen LogP contribution in [-0.2, 0) is 19.9 Å². The Labute approximate surface area is 200 Å². The number of quaternary nitrogens is 1. The number of likely N-dealkylation sites (N-methyl/N-ethyl adjacent to an activating group) is 1. The van der Waals surface area contributed by atoms with Crippen LogP contribution in [0.4, 0.5) is 0 Å². The molecule has 34 heavy (non-hydrogen) atoms. The number of rotatable bonds is 7. The first-order valence-electron chi connectivity index (χ1n) is 12.3. The summed E-state index contributed by atoms with van der Waals surface area (Å²) in [7, 11) is 2.22. The zero-order valence-corrected chi connectivity index (χ0v) is 19.7. The Morgan fingerprint density at radius 3 is 2.38 bits per heavy atom. The van der Waals surface area contributed by atoms with E-state index in [0.29, 0.717) is 17.5 Å². The van der Waals surface area contributed by atoms with Crippen molar-refractivity contribution in [2.24, 2.45) is 0 Å². The number of unbranched alkanes of at least 4 members (excludes halogenated alkanes) is 1. The Bertz CT molecular complexity index is 1130. The molecule has 2 aromatic rings. The fourth-order valence-corrected chi connectivity index (χ4v) is 5.67. The molecule has 176 valence electrons. The molecule has 1 fully saturated rings. The first-order chi connectivity index (χ1) is 16.4. The molecule has 0 spiro atoms. The van der Waals surface area contributed by atoms with Crippen molar-refractivity contribution in [2.75, 3.05) is 26.7 Å². The van der Waals surface area contributed by atoms with Gasteiger partial charge in [0.1, 0.15) is 6.54 Å².